The smallest absolute Gasteiger partial charge is 0.323 e. The van der Waals surface area contributed by atoms with Crippen LogP contribution in [-0.4, -0.2) is 51.9 Å². The molecular formula is C22H28FN5O2. The quantitative estimate of drug-likeness (QED) is 0.835. The van der Waals surface area contributed by atoms with E-state index in [1.165, 1.54) is 0 Å². The Bertz CT molecular complexity index is 939. The molecule has 3 amide bonds. The van der Waals surface area contributed by atoms with Gasteiger partial charge in [0.05, 0.1) is 11.4 Å². The van der Waals surface area contributed by atoms with Crippen LogP contribution in [0.15, 0.2) is 36.5 Å². The molecule has 1 aromatic carbocycles. The number of anilines is 2. The molecule has 1 aliphatic rings. The predicted molar refractivity (Wildman–Crippen MR) is 114 cm³/mol. The van der Waals surface area contributed by atoms with Crippen molar-refractivity contribution in [2.24, 2.45) is 5.73 Å². The third kappa shape index (κ3) is 4.43. The Balaban J connectivity index is 1.91. The number of primary amides is 1. The van der Waals surface area contributed by atoms with E-state index in [0.29, 0.717) is 36.6 Å². The molecule has 3 rings (SSSR count). The zero-order valence-electron chi connectivity index (χ0n) is 17.8. The van der Waals surface area contributed by atoms with E-state index in [1.54, 1.807) is 50.4 Å². The maximum atomic E-state index is 15.5. The molecule has 7 nitrogen and oxygen atoms in total. The van der Waals surface area contributed by atoms with E-state index in [1.807, 2.05) is 18.7 Å². The number of halogens is 1. The fraction of sp³-hybridized carbons (Fsp3) is 0.409. The Labute approximate surface area is 176 Å². The van der Waals surface area contributed by atoms with Crippen molar-refractivity contribution in [1.82, 2.24) is 14.8 Å². The number of aromatic nitrogens is 1. The predicted octanol–water partition coefficient (Wildman–Crippen LogP) is 3.19. The number of aryl methyl sites for hydroxylation is 1. The first kappa shape index (κ1) is 21.7. The number of piperazine rings is 1. The lowest BCUT2D eigenvalue weighted by Crippen LogP contribution is -2.57. The van der Waals surface area contributed by atoms with Crippen molar-refractivity contribution in [1.29, 1.82) is 0 Å². The number of amides is 3. The standard InChI is InChI=1S/C22H28FN5O2/c1-14-10-19(8-9-25-14)28(22(24)30)20-7-5-6-18(21(20)23)13-27-15(2)11-26(17(4)29)12-16(27)3/h5-10,15-16H,11-13H2,1-4H3,(H2,24,30)/t15-,16+. The summed E-state index contributed by atoms with van der Waals surface area (Å²) in [6.07, 6.45) is 1.56. The summed E-state index contributed by atoms with van der Waals surface area (Å²) in [5.74, 6) is -0.439. The zero-order chi connectivity index (χ0) is 22.0. The topological polar surface area (TPSA) is 82.8 Å². The van der Waals surface area contributed by atoms with Gasteiger partial charge < -0.3 is 10.6 Å². The molecule has 1 aromatic heterocycles. The second kappa shape index (κ2) is 8.79. The van der Waals surface area contributed by atoms with Gasteiger partial charge in [-0.05, 0) is 39.0 Å². The Kier molecular flexibility index (Phi) is 6.36. The first-order chi connectivity index (χ1) is 14.2. The summed E-state index contributed by atoms with van der Waals surface area (Å²) >= 11 is 0. The van der Waals surface area contributed by atoms with Gasteiger partial charge >= 0.3 is 6.03 Å². The maximum Gasteiger partial charge on any atom is 0.323 e. The van der Waals surface area contributed by atoms with Gasteiger partial charge in [0.15, 0.2) is 5.82 Å². The molecule has 1 fully saturated rings. The van der Waals surface area contributed by atoms with E-state index < -0.39 is 11.8 Å². The molecule has 0 bridgehead atoms. The summed E-state index contributed by atoms with van der Waals surface area (Å²) in [5.41, 5.74) is 7.33. The number of hydrogen-bond donors (Lipinski definition) is 1. The zero-order valence-corrected chi connectivity index (χ0v) is 17.8. The number of rotatable bonds is 4. The van der Waals surface area contributed by atoms with Crippen LogP contribution in [0.3, 0.4) is 0 Å². The molecule has 2 heterocycles. The largest absolute Gasteiger partial charge is 0.351 e. The number of benzene rings is 1. The highest BCUT2D eigenvalue weighted by molar-refractivity contribution is 5.98. The molecular weight excluding hydrogens is 385 g/mol. The van der Waals surface area contributed by atoms with E-state index in [4.69, 9.17) is 5.73 Å². The van der Waals surface area contributed by atoms with Crippen molar-refractivity contribution >= 4 is 23.3 Å². The molecule has 30 heavy (non-hydrogen) atoms. The van der Waals surface area contributed by atoms with Gasteiger partial charge in [-0.3, -0.25) is 19.6 Å². The van der Waals surface area contributed by atoms with Crippen molar-refractivity contribution in [3.05, 3.63) is 53.6 Å². The molecule has 0 spiro atoms. The normalized spacial score (nSPS) is 19.6. The average Bonchev–Trinajstić information content (AvgIpc) is 2.67. The van der Waals surface area contributed by atoms with Gasteiger partial charge in [-0.2, -0.15) is 0 Å². The fourth-order valence-electron chi connectivity index (χ4n) is 4.04. The number of nitrogens with zero attached hydrogens (tertiary/aromatic N) is 4. The second-order valence-electron chi connectivity index (χ2n) is 7.87. The highest BCUT2D eigenvalue weighted by Crippen LogP contribution is 2.31. The van der Waals surface area contributed by atoms with Crippen molar-refractivity contribution in [3.8, 4) is 0 Å². The summed E-state index contributed by atoms with van der Waals surface area (Å²) < 4.78 is 15.5. The van der Waals surface area contributed by atoms with Gasteiger partial charge in [-0.1, -0.05) is 12.1 Å². The summed E-state index contributed by atoms with van der Waals surface area (Å²) in [7, 11) is 0. The lowest BCUT2D eigenvalue weighted by atomic mass is 10.0. The minimum absolute atomic E-state index is 0.0475. The van der Waals surface area contributed by atoms with Crippen molar-refractivity contribution in [2.75, 3.05) is 18.0 Å². The van der Waals surface area contributed by atoms with Gasteiger partial charge in [-0.15, -0.1) is 0 Å². The molecule has 1 saturated heterocycles. The highest BCUT2D eigenvalue weighted by Gasteiger charge is 2.31. The third-order valence-electron chi connectivity index (χ3n) is 5.56. The van der Waals surface area contributed by atoms with Gasteiger partial charge in [-0.25, -0.2) is 9.18 Å². The SMILES string of the molecule is CC(=O)N1C[C@@H](C)N(Cc2cccc(N(C(N)=O)c3ccnc(C)c3)c2F)[C@@H](C)C1. The summed E-state index contributed by atoms with van der Waals surface area (Å²) in [4.78, 5) is 33.2. The lowest BCUT2D eigenvalue weighted by molar-refractivity contribution is -0.133. The molecule has 0 unspecified atom stereocenters. The van der Waals surface area contributed by atoms with Crippen molar-refractivity contribution in [3.63, 3.8) is 0 Å². The Morgan fingerprint density at radius 2 is 1.90 bits per heavy atom. The number of carbonyl (C=O) groups is 2. The average molecular weight is 413 g/mol. The van der Waals surface area contributed by atoms with E-state index in [2.05, 4.69) is 9.88 Å². The Morgan fingerprint density at radius 3 is 2.47 bits per heavy atom. The summed E-state index contributed by atoms with van der Waals surface area (Å²) in [6, 6.07) is 7.67. The first-order valence-corrected chi connectivity index (χ1v) is 10.00. The fourth-order valence-corrected chi connectivity index (χ4v) is 4.04. The molecule has 2 atom stereocenters. The Hall–Kier alpha value is -3.00. The van der Waals surface area contributed by atoms with Crippen LogP contribution >= 0.6 is 0 Å². The Morgan fingerprint density at radius 1 is 1.23 bits per heavy atom. The second-order valence-corrected chi connectivity index (χ2v) is 7.87. The molecule has 8 heteroatoms. The van der Waals surface area contributed by atoms with Crippen molar-refractivity contribution in [2.45, 2.75) is 46.3 Å². The highest BCUT2D eigenvalue weighted by atomic mass is 19.1. The van der Waals surface area contributed by atoms with Crippen LogP contribution in [0, 0.1) is 12.7 Å². The molecule has 0 saturated carbocycles. The minimum Gasteiger partial charge on any atom is -0.351 e. The van der Waals surface area contributed by atoms with Crippen LogP contribution in [0.1, 0.15) is 32.0 Å². The van der Waals surface area contributed by atoms with Gasteiger partial charge in [0.2, 0.25) is 5.91 Å². The number of carbonyl (C=O) groups excluding carboxylic acids is 2. The van der Waals surface area contributed by atoms with E-state index in [9.17, 15) is 9.59 Å². The summed E-state index contributed by atoms with van der Waals surface area (Å²) in [6.45, 7) is 8.99. The summed E-state index contributed by atoms with van der Waals surface area (Å²) in [5, 5.41) is 0. The van der Waals surface area contributed by atoms with E-state index in [-0.39, 0.29) is 23.7 Å². The number of nitrogens with two attached hydrogens (primary N) is 1. The lowest BCUT2D eigenvalue weighted by Gasteiger charge is -2.44. The van der Waals surface area contributed by atoms with Crippen LogP contribution in [0.2, 0.25) is 0 Å². The van der Waals surface area contributed by atoms with Crippen LogP contribution < -0.4 is 10.6 Å². The molecule has 2 aromatic rings. The van der Waals surface area contributed by atoms with Gasteiger partial charge in [0, 0.05) is 56.1 Å². The maximum absolute atomic E-state index is 15.5. The van der Waals surface area contributed by atoms with Crippen LogP contribution in [-0.2, 0) is 11.3 Å². The van der Waals surface area contributed by atoms with Gasteiger partial charge in [0.25, 0.3) is 0 Å². The van der Waals surface area contributed by atoms with E-state index >= 15 is 4.39 Å². The van der Waals surface area contributed by atoms with E-state index in [0.717, 1.165) is 4.90 Å². The molecule has 2 N–H and O–H groups in total. The number of urea groups is 1. The molecule has 0 aliphatic carbocycles. The van der Waals surface area contributed by atoms with Crippen LogP contribution in [0.5, 0.6) is 0 Å². The molecule has 160 valence electrons. The molecule has 1 aliphatic heterocycles. The monoisotopic (exact) mass is 413 g/mol. The van der Waals surface area contributed by atoms with Crippen LogP contribution in [0.4, 0.5) is 20.6 Å². The molecule has 0 radical (unpaired) electrons. The number of pyridine rings is 1. The number of hydrogen-bond acceptors (Lipinski definition) is 4. The third-order valence-corrected chi connectivity index (χ3v) is 5.56. The van der Waals surface area contributed by atoms with Crippen LogP contribution in [0.25, 0.3) is 0 Å². The minimum atomic E-state index is -0.770. The van der Waals surface area contributed by atoms with Gasteiger partial charge in [0.1, 0.15) is 0 Å². The van der Waals surface area contributed by atoms with Crippen molar-refractivity contribution < 1.29 is 14.0 Å². The first-order valence-electron chi connectivity index (χ1n) is 10.00.